The second-order valence-corrected chi connectivity index (χ2v) is 5.84. The molecule has 1 unspecified atom stereocenters. The topological polar surface area (TPSA) is 83.9 Å². The van der Waals surface area contributed by atoms with Crippen LogP contribution < -0.4 is 0 Å². The molecular formula is C17H21NO5. The van der Waals surface area contributed by atoms with E-state index in [2.05, 4.69) is 0 Å². The molecule has 1 N–H and O–H groups in total. The van der Waals surface area contributed by atoms with Gasteiger partial charge in [-0.2, -0.15) is 0 Å². The molecule has 1 heterocycles. The van der Waals surface area contributed by atoms with Crippen molar-refractivity contribution in [3.63, 3.8) is 0 Å². The van der Waals surface area contributed by atoms with Gasteiger partial charge >= 0.3 is 5.97 Å². The molecular weight excluding hydrogens is 298 g/mol. The number of methoxy groups -OCH3 is 1. The largest absolute Gasteiger partial charge is 0.481 e. The lowest BCUT2D eigenvalue weighted by atomic mass is 9.74. The van der Waals surface area contributed by atoms with Crippen LogP contribution in [0.2, 0.25) is 0 Å². The van der Waals surface area contributed by atoms with Crippen molar-refractivity contribution >= 4 is 17.8 Å². The van der Waals surface area contributed by atoms with E-state index in [4.69, 9.17) is 4.74 Å². The molecule has 1 atom stereocenters. The van der Waals surface area contributed by atoms with Gasteiger partial charge in [-0.05, 0) is 24.5 Å². The molecule has 0 aromatic heterocycles. The summed E-state index contributed by atoms with van der Waals surface area (Å²) in [5.74, 6) is -1.83. The number of hydrogen-bond acceptors (Lipinski definition) is 4. The lowest BCUT2D eigenvalue weighted by Gasteiger charge is -2.27. The predicted molar refractivity (Wildman–Crippen MR) is 82.9 cm³/mol. The Morgan fingerprint density at radius 3 is 2.65 bits per heavy atom. The number of nitrogens with zero attached hydrogens (tertiary/aromatic N) is 1. The van der Waals surface area contributed by atoms with Gasteiger partial charge in [0.05, 0.1) is 11.8 Å². The highest BCUT2D eigenvalue weighted by molar-refractivity contribution is 6.10. The minimum Gasteiger partial charge on any atom is -0.481 e. The first-order valence-electron chi connectivity index (χ1n) is 7.54. The number of carboxylic acid groups (broad SMARTS) is 1. The molecule has 0 bridgehead atoms. The van der Waals surface area contributed by atoms with Crippen LogP contribution >= 0.6 is 0 Å². The Morgan fingerprint density at radius 2 is 2.04 bits per heavy atom. The number of carbonyl (C=O) groups is 3. The van der Waals surface area contributed by atoms with Crippen molar-refractivity contribution in [1.29, 1.82) is 0 Å². The molecule has 0 spiro atoms. The molecule has 2 amide bonds. The molecule has 0 aliphatic carbocycles. The number of carboxylic acids is 1. The third-order valence-corrected chi connectivity index (χ3v) is 4.25. The van der Waals surface area contributed by atoms with Gasteiger partial charge in [-0.15, -0.1) is 0 Å². The molecule has 1 aromatic rings. The summed E-state index contributed by atoms with van der Waals surface area (Å²) in [5, 5.41) is 9.29. The quantitative estimate of drug-likeness (QED) is 0.608. The second-order valence-electron chi connectivity index (χ2n) is 5.84. The van der Waals surface area contributed by atoms with Gasteiger partial charge in [0.2, 0.25) is 11.8 Å². The molecule has 23 heavy (non-hydrogen) atoms. The number of likely N-dealkylation sites (tertiary alicyclic amines) is 1. The van der Waals surface area contributed by atoms with Gasteiger partial charge in [-0.25, -0.2) is 0 Å². The Balaban J connectivity index is 2.40. The van der Waals surface area contributed by atoms with Crippen molar-refractivity contribution in [2.45, 2.75) is 31.6 Å². The molecule has 6 nitrogen and oxygen atoms in total. The molecule has 1 aromatic carbocycles. The fourth-order valence-corrected chi connectivity index (χ4v) is 3.21. The second kappa shape index (κ2) is 6.91. The number of carbonyl (C=O) groups excluding carboxylic acids is 2. The summed E-state index contributed by atoms with van der Waals surface area (Å²) in [6, 6.07) is 7.15. The Hall–Kier alpha value is -2.21. The van der Waals surface area contributed by atoms with Crippen molar-refractivity contribution in [1.82, 2.24) is 4.90 Å². The van der Waals surface area contributed by atoms with E-state index in [1.807, 2.05) is 19.1 Å². The third-order valence-electron chi connectivity index (χ3n) is 4.25. The normalized spacial score (nSPS) is 21.0. The summed E-state index contributed by atoms with van der Waals surface area (Å²) in [5.41, 5.74) is 0.130. The number of aliphatic carboxylic acids is 1. The van der Waals surface area contributed by atoms with Gasteiger partial charge in [0, 0.05) is 26.7 Å². The molecule has 0 saturated carbocycles. The Labute approximate surface area is 135 Å². The van der Waals surface area contributed by atoms with E-state index in [1.54, 1.807) is 19.2 Å². The summed E-state index contributed by atoms with van der Waals surface area (Å²) in [6.45, 7) is 2.51. The fourth-order valence-electron chi connectivity index (χ4n) is 3.21. The van der Waals surface area contributed by atoms with Crippen LogP contribution in [-0.2, 0) is 24.5 Å². The van der Waals surface area contributed by atoms with Crippen molar-refractivity contribution in [3.8, 4) is 0 Å². The number of amides is 2. The smallest absolute Gasteiger partial charge is 0.304 e. The zero-order chi connectivity index (χ0) is 17.0. The number of imide groups is 1. The van der Waals surface area contributed by atoms with Crippen LogP contribution in [-0.4, -0.2) is 48.1 Å². The van der Waals surface area contributed by atoms with E-state index in [9.17, 15) is 19.5 Å². The lowest BCUT2D eigenvalue weighted by molar-refractivity contribution is -0.145. The van der Waals surface area contributed by atoms with Crippen LogP contribution in [0.5, 0.6) is 0 Å². The van der Waals surface area contributed by atoms with E-state index in [1.165, 1.54) is 4.90 Å². The first-order valence-corrected chi connectivity index (χ1v) is 7.54. The van der Waals surface area contributed by atoms with Crippen molar-refractivity contribution in [3.05, 3.63) is 35.4 Å². The number of benzene rings is 1. The molecule has 1 fully saturated rings. The monoisotopic (exact) mass is 319 g/mol. The van der Waals surface area contributed by atoms with Gasteiger partial charge in [0.15, 0.2) is 0 Å². The van der Waals surface area contributed by atoms with Crippen LogP contribution in [0.15, 0.2) is 24.3 Å². The summed E-state index contributed by atoms with van der Waals surface area (Å²) >= 11 is 0. The SMILES string of the molecule is COCCCN1C(=O)CC(CC(=O)O)(c2ccccc2C)C1=O. The van der Waals surface area contributed by atoms with E-state index in [-0.39, 0.29) is 25.3 Å². The minimum atomic E-state index is -1.30. The Kier molecular flexibility index (Phi) is 5.15. The average molecular weight is 319 g/mol. The van der Waals surface area contributed by atoms with E-state index < -0.39 is 17.3 Å². The number of ether oxygens (including phenoxy) is 1. The van der Waals surface area contributed by atoms with E-state index >= 15 is 0 Å². The van der Waals surface area contributed by atoms with Crippen LogP contribution in [0.3, 0.4) is 0 Å². The first kappa shape index (κ1) is 17.1. The van der Waals surface area contributed by atoms with Crippen molar-refractivity contribution < 1.29 is 24.2 Å². The number of rotatable bonds is 7. The van der Waals surface area contributed by atoms with Gasteiger partial charge in [0.25, 0.3) is 0 Å². The zero-order valence-electron chi connectivity index (χ0n) is 13.4. The summed E-state index contributed by atoms with van der Waals surface area (Å²) < 4.78 is 4.95. The zero-order valence-corrected chi connectivity index (χ0v) is 13.4. The maximum atomic E-state index is 12.9. The van der Waals surface area contributed by atoms with Crippen molar-refractivity contribution in [2.24, 2.45) is 0 Å². The third kappa shape index (κ3) is 3.27. The summed E-state index contributed by atoms with van der Waals surface area (Å²) in [7, 11) is 1.55. The maximum Gasteiger partial charge on any atom is 0.304 e. The Bertz CT molecular complexity index is 627. The van der Waals surface area contributed by atoms with E-state index in [0.29, 0.717) is 18.6 Å². The molecule has 124 valence electrons. The van der Waals surface area contributed by atoms with Crippen LogP contribution in [0.1, 0.15) is 30.4 Å². The van der Waals surface area contributed by atoms with Gasteiger partial charge in [-0.1, -0.05) is 24.3 Å². The Morgan fingerprint density at radius 1 is 1.35 bits per heavy atom. The number of hydrogen-bond donors (Lipinski definition) is 1. The fraction of sp³-hybridized carbons (Fsp3) is 0.471. The highest BCUT2D eigenvalue weighted by atomic mass is 16.5. The molecule has 6 heteroatoms. The lowest BCUT2D eigenvalue weighted by Crippen LogP contribution is -2.41. The first-order chi connectivity index (χ1) is 10.9. The molecule has 2 rings (SSSR count). The molecule has 1 saturated heterocycles. The highest BCUT2D eigenvalue weighted by Crippen LogP contribution is 2.41. The molecule has 1 aliphatic rings. The van der Waals surface area contributed by atoms with Crippen LogP contribution in [0, 0.1) is 6.92 Å². The maximum absolute atomic E-state index is 12.9. The molecule has 1 aliphatic heterocycles. The number of aryl methyl sites for hydroxylation is 1. The van der Waals surface area contributed by atoms with Crippen LogP contribution in [0.25, 0.3) is 0 Å². The van der Waals surface area contributed by atoms with Crippen molar-refractivity contribution in [2.75, 3.05) is 20.3 Å². The minimum absolute atomic E-state index is 0.101. The predicted octanol–water partition coefficient (Wildman–Crippen LogP) is 1.50. The van der Waals surface area contributed by atoms with E-state index in [0.717, 1.165) is 5.56 Å². The highest BCUT2D eigenvalue weighted by Gasteiger charge is 2.54. The molecule has 0 radical (unpaired) electrons. The summed E-state index contributed by atoms with van der Waals surface area (Å²) in [4.78, 5) is 37.8. The van der Waals surface area contributed by atoms with Gasteiger partial charge in [0.1, 0.15) is 0 Å². The van der Waals surface area contributed by atoms with Gasteiger partial charge in [-0.3, -0.25) is 19.3 Å². The standard InChI is InChI=1S/C17H21NO5/c1-12-6-3-4-7-13(12)17(11-15(20)21)10-14(19)18(16(17)22)8-5-9-23-2/h3-4,6-7H,5,8-11H2,1-2H3,(H,20,21). The average Bonchev–Trinajstić information content (AvgIpc) is 2.72. The van der Waals surface area contributed by atoms with Crippen LogP contribution in [0.4, 0.5) is 0 Å². The van der Waals surface area contributed by atoms with Gasteiger partial charge < -0.3 is 9.84 Å². The summed E-state index contributed by atoms with van der Waals surface area (Å²) in [6.07, 6.45) is 0.0457.